The van der Waals surface area contributed by atoms with Crippen molar-refractivity contribution in [2.24, 2.45) is 0 Å². The molecule has 1 aliphatic rings. The molecule has 1 atom stereocenters. The maximum Gasteiger partial charge on any atom is 0.290 e. The summed E-state index contributed by atoms with van der Waals surface area (Å²) in [4.78, 5) is 33.2. The van der Waals surface area contributed by atoms with E-state index in [9.17, 15) is 14.7 Å². The van der Waals surface area contributed by atoms with Gasteiger partial charge < -0.3 is 19.5 Å². The van der Waals surface area contributed by atoms with Crippen LogP contribution >= 0.6 is 11.3 Å². The Bertz CT molecular complexity index is 1290. The first kappa shape index (κ1) is 24.5. The van der Waals surface area contributed by atoms with Crippen LogP contribution in [0.3, 0.4) is 0 Å². The van der Waals surface area contributed by atoms with Gasteiger partial charge in [0.05, 0.1) is 40.4 Å². The van der Waals surface area contributed by atoms with E-state index >= 15 is 0 Å². The Labute approximate surface area is 208 Å². The maximum atomic E-state index is 13.6. The van der Waals surface area contributed by atoms with E-state index in [4.69, 9.17) is 9.47 Å². The second kappa shape index (κ2) is 9.92. The molecule has 1 aromatic heterocycles. The fourth-order valence-corrected chi connectivity index (χ4v) is 5.09. The highest BCUT2D eigenvalue weighted by atomic mass is 32.1. The summed E-state index contributed by atoms with van der Waals surface area (Å²) >= 11 is 1.25. The highest BCUT2D eigenvalue weighted by Crippen LogP contribution is 2.41. The summed E-state index contributed by atoms with van der Waals surface area (Å²) < 4.78 is 11.1. The van der Waals surface area contributed by atoms with Crippen LogP contribution in [0.4, 0.5) is 0 Å². The Morgan fingerprint density at radius 1 is 1.14 bits per heavy atom. The summed E-state index contributed by atoms with van der Waals surface area (Å²) in [5.41, 5.74) is 2.14. The first-order valence-corrected chi connectivity index (χ1v) is 12.1. The average Bonchev–Trinajstić information content (AvgIpc) is 3.30. The number of benzene rings is 2. The van der Waals surface area contributed by atoms with Gasteiger partial charge in [0.15, 0.2) is 5.76 Å². The predicted molar refractivity (Wildman–Crippen MR) is 134 cm³/mol. The van der Waals surface area contributed by atoms with Crippen LogP contribution in [0.5, 0.6) is 11.5 Å². The van der Waals surface area contributed by atoms with E-state index in [1.165, 1.54) is 16.2 Å². The van der Waals surface area contributed by atoms with Crippen molar-refractivity contribution >= 4 is 23.0 Å². The number of aliphatic hydroxyl groups is 1. The number of hydrogen-bond donors (Lipinski definition) is 1. The molecule has 2 heterocycles. The molecule has 8 heteroatoms. The van der Waals surface area contributed by atoms with Crippen LogP contribution in [0.2, 0.25) is 0 Å². The zero-order chi connectivity index (χ0) is 25.3. The van der Waals surface area contributed by atoms with Crippen molar-refractivity contribution in [1.82, 2.24) is 9.88 Å². The molecule has 35 heavy (non-hydrogen) atoms. The number of carbonyl (C=O) groups excluding carboxylic acids is 2. The van der Waals surface area contributed by atoms with Gasteiger partial charge in [0, 0.05) is 6.54 Å². The van der Waals surface area contributed by atoms with E-state index in [2.05, 4.69) is 4.98 Å². The summed E-state index contributed by atoms with van der Waals surface area (Å²) in [6.45, 7) is 7.68. The Morgan fingerprint density at radius 3 is 2.46 bits per heavy atom. The number of Topliss-reactive ketones (excluding diaryl/α,β-unsaturated/α-hetero) is 1. The van der Waals surface area contributed by atoms with E-state index in [-0.39, 0.29) is 18.2 Å². The summed E-state index contributed by atoms with van der Waals surface area (Å²) in [6, 6.07) is 13.9. The first-order valence-electron chi connectivity index (χ1n) is 11.3. The van der Waals surface area contributed by atoms with Crippen LogP contribution in [-0.2, 0) is 11.3 Å². The van der Waals surface area contributed by atoms with Crippen molar-refractivity contribution in [2.45, 2.75) is 46.4 Å². The smallest absolute Gasteiger partial charge is 0.290 e. The fourth-order valence-electron chi connectivity index (χ4n) is 4.21. The molecular formula is C27H28N2O5S. The van der Waals surface area contributed by atoms with E-state index in [1.54, 1.807) is 32.2 Å². The number of nitrogens with zero attached hydrogens (tertiary/aromatic N) is 2. The van der Waals surface area contributed by atoms with Crippen LogP contribution < -0.4 is 9.47 Å². The normalized spacial score (nSPS) is 15.8. The lowest BCUT2D eigenvalue weighted by Gasteiger charge is -2.27. The molecular weight excluding hydrogens is 464 g/mol. The molecule has 0 aliphatic carbocycles. The lowest BCUT2D eigenvalue weighted by Crippen LogP contribution is -2.30. The largest absolute Gasteiger partial charge is 0.503 e. The first-order chi connectivity index (χ1) is 16.7. The molecule has 3 aromatic rings. The Balaban J connectivity index is 1.75. The van der Waals surface area contributed by atoms with Gasteiger partial charge in [0.1, 0.15) is 11.5 Å². The van der Waals surface area contributed by atoms with E-state index in [0.29, 0.717) is 21.9 Å². The van der Waals surface area contributed by atoms with Crippen LogP contribution in [0.1, 0.15) is 51.4 Å². The number of aliphatic hydroxyl groups excluding tert-OH is 1. The second-order valence-electron chi connectivity index (χ2n) is 8.66. The second-order valence-corrected chi connectivity index (χ2v) is 9.86. The highest BCUT2D eigenvalue weighted by Gasteiger charge is 2.44. The molecule has 1 N–H and O–H groups in total. The third kappa shape index (κ3) is 4.93. The maximum absolute atomic E-state index is 13.6. The molecule has 1 aliphatic heterocycles. The summed E-state index contributed by atoms with van der Waals surface area (Å²) in [6.07, 6.45) is 0.0482. The lowest BCUT2D eigenvalue weighted by atomic mass is 9.94. The number of rotatable bonds is 8. The van der Waals surface area contributed by atoms with E-state index in [1.807, 2.05) is 51.1 Å². The van der Waals surface area contributed by atoms with Gasteiger partial charge >= 0.3 is 0 Å². The number of hydrogen-bond acceptors (Lipinski definition) is 7. The van der Waals surface area contributed by atoms with Crippen molar-refractivity contribution in [3.05, 3.63) is 86.6 Å². The predicted octanol–water partition coefficient (Wildman–Crippen LogP) is 5.33. The average molecular weight is 493 g/mol. The molecule has 0 fully saturated rings. The lowest BCUT2D eigenvalue weighted by molar-refractivity contribution is -0.130. The molecule has 182 valence electrons. The Kier molecular flexibility index (Phi) is 6.93. The van der Waals surface area contributed by atoms with Crippen LogP contribution in [0.25, 0.3) is 0 Å². The number of aryl methyl sites for hydroxylation is 2. The van der Waals surface area contributed by atoms with Gasteiger partial charge in [-0.25, -0.2) is 4.98 Å². The number of aromatic nitrogens is 1. The monoisotopic (exact) mass is 492 g/mol. The molecule has 0 spiro atoms. The Morgan fingerprint density at radius 2 is 1.86 bits per heavy atom. The molecule has 0 radical (unpaired) electrons. The zero-order valence-electron chi connectivity index (χ0n) is 20.4. The number of amides is 1. The molecule has 4 rings (SSSR count). The standard InChI is InChI=1S/C27H28N2O5S/c1-15(2)34-20-11-9-18(10-12-20)14-29-23(19-7-6-8-21(13-19)33-5)22(25(31)27(29)32)24(30)26-16(3)28-17(4)35-26/h6-13,15,23,31H,14H2,1-5H3. The Hall–Kier alpha value is -3.65. The minimum atomic E-state index is -0.779. The minimum absolute atomic E-state index is 0.0482. The third-order valence-electron chi connectivity index (χ3n) is 5.72. The number of methoxy groups -OCH3 is 1. The van der Waals surface area contributed by atoms with Crippen molar-refractivity contribution < 1.29 is 24.2 Å². The summed E-state index contributed by atoms with van der Waals surface area (Å²) in [5.74, 6) is -0.202. The minimum Gasteiger partial charge on any atom is -0.503 e. The van der Waals surface area contributed by atoms with E-state index < -0.39 is 23.5 Å². The number of ketones is 1. The third-order valence-corrected chi connectivity index (χ3v) is 6.79. The molecule has 0 saturated heterocycles. The van der Waals surface area contributed by atoms with Gasteiger partial charge in [-0.2, -0.15) is 0 Å². The van der Waals surface area contributed by atoms with Crippen LogP contribution in [-0.4, -0.2) is 39.9 Å². The molecule has 2 aromatic carbocycles. The number of thiazole rings is 1. The molecule has 1 unspecified atom stereocenters. The van der Waals surface area contributed by atoms with Crippen molar-refractivity contribution in [2.75, 3.05) is 7.11 Å². The molecule has 0 bridgehead atoms. The van der Waals surface area contributed by atoms with Gasteiger partial charge in [0.2, 0.25) is 5.78 Å². The van der Waals surface area contributed by atoms with Gasteiger partial charge in [0.25, 0.3) is 5.91 Å². The van der Waals surface area contributed by atoms with Crippen molar-refractivity contribution in [1.29, 1.82) is 0 Å². The highest BCUT2D eigenvalue weighted by molar-refractivity contribution is 7.14. The number of ether oxygens (including phenoxy) is 2. The SMILES string of the molecule is COc1cccc(C2C(C(=O)c3sc(C)nc3C)=C(O)C(=O)N2Cc2ccc(OC(C)C)cc2)c1. The summed E-state index contributed by atoms with van der Waals surface area (Å²) in [7, 11) is 1.56. The van der Waals surface area contributed by atoms with Crippen LogP contribution in [0.15, 0.2) is 59.9 Å². The van der Waals surface area contributed by atoms with Crippen molar-refractivity contribution in [3.63, 3.8) is 0 Å². The topological polar surface area (TPSA) is 89.0 Å². The summed E-state index contributed by atoms with van der Waals surface area (Å²) in [5, 5.41) is 11.7. The van der Waals surface area contributed by atoms with Gasteiger partial charge in [-0.3, -0.25) is 9.59 Å². The zero-order valence-corrected chi connectivity index (χ0v) is 21.2. The van der Waals surface area contributed by atoms with Gasteiger partial charge in [-0.1, -0.05) is 24.3 Å². The molecule has 7 nitrogen and oxygen atoms in total. The molecule has 1 amide bonds. The fraction of sp³-hybridized carbons (Fsp3) is 0.296. The van der Waals surface area contributed by atoms with Crippen molar-refractivity contribution in [3.8, 4) is 11.5 Å². The van der Waals surface area contributed by atoms with E-state index in [0.717, 1.165) is 16.3 Å². The number of carbonyl (C=O) groups is 2. The van der Waals surface area contributed by atoms with Crippen LogP contribution in [0, 0.1) is 13.8 Å². The molecule has 0 saturated carbocycles. The van der Waals surface area contributed by atoms with Gasteiger partial charge in [-0.05, 0) is 63.1 Å². The van der Waals surface area contributed by atoms with Gasteiger partial charge in [-0.15, -0.1) is 11.3 Å². The quantitative estimate of drug-likeness (QED) is 0.427.